The van der Waals surface area contributed by atoms with Crippen molar-refractivity contribution in [2.24, 2.45) is 23.7 Å². The van der Waals surface area contributed by atoms with Crippen LogP contribution in [0.5, 0.6) is 5.75 Å². The molecular formula is C24H31ClO9. The Hall–Kier alpha value is -1.01. The fraction of sp³-hybridized carbons (Fsp3) is 0.750. The van der Waals surface area contributed by atoms with Crippen LogP contribution in [0.3, 0.4) is 0 Å². The SMILES string of the molecule is COC1(c2cccc(O[C@@H]3OC(CO)[C@H](O)[C@H](O)C3O)c2Cl)OOC12C1CC3CC(C1)CC2C3. The van der Waals surface area contributed by atoms with Crippen molar-refractivity contribution >= 4 is 11.6 Å². The van der Waals surface area contributed by atoms with Gasteiger partial charge in [0.2, 0.25) is 6.29 Å². The van der Waals surface area contributed by atoms with E-state index in [4.69, 9.17) is 35.6 Å². The summed E-state index contributed by atoms with van der Waals surface area (Å²) in [5, 5.41) is 40.2. The average Bonchev–Trinajstić information content (AvgIpc) is 2.81. The third-order valence-corrected chi connectivity index (χ3v) is 9.25. The van der Waals surface area contributed by atoms with E-state index in [1.165, 1.54) is 6.42 Å². The topological polar surface area (TPSA) is 127 Å². The molecular weight excluding hydrogens is 468 g/mol. The summed E-state index contributed by atoms with van der Waals surface area (Å²) in [6.07, 6.45) is -1.38. The first kappa shape index (κ1) is 23.4. The van der Waals surface area contributed by atoms with Crippen LogP contribution in [0.1, 0.15) is 37.7 Å². The molecule has 0 radical (unpaired) electrons. The Morgan fingerprint density at radius 2 is 1.65 bits per heavy atom. The number of aliphatic hydroxyl groups excluding tert-OH is 4. The summed E-state index contributed by atoms with van der Waals surface area (Å²) in [7, 11) is 1.59. The first-order valence-electron chi connectivity index (χ1n) is 12.0. The van der Waals surface area contributed by atoms with E-state index in [2.05, 4.69) is 0 Å². The zero-order valence-electron chi connectivity index (χ0n) is 18.9. The van der Waals surface area contributed by atoms with Crippen molar-refractivity contribution < 1.29 is 44.4 Å². The summed E-state index contributed by atoms with van der Waals surface area (Å²) in [6.45, 7) is -0.552. The molecule has 34 heavy (non-hydrogen) atoms. The molecule has 1 spiro atoms. The Morgan fingerprint density at radius 1 is 0.971 bits per heavy atom. The number of ether oxygens (including phenoxy) is 3. The van der Waals surface area contributed by atoms with Gasteiger partial charge in [0.1, 0.15) is 30.2 Å². The van der Waals surface area contributed by atoms with E-state index >= 15 is 0 Å². The van der Waals surface area contributed by atoms with Gasteiger partial charge in [0.15, 0.2) is 5.60 Å². The highest BCUT2D eigenvalue weighted by atomic mass is 35.5. The van der Waals surface area contributed by atoms with Gasteiger partial charge < -0.3 is 34.6 Å². The Balaban J connectivity index is 1.33. The van der Waals surface area contributed by atoms with Gasteiger partial charge in [0, 0.05) is 12.7 Å². The van der Waals surface area contributed by atoms with Gasteiger partial charge in [-0.25, -0.2) is 4.89 Å². The molecule has 1 aromatic carbocycles. The number of halogens is 1. The van der Waals surface area contributed by atoms with Crippen molar-refractivity contribution in [1.82, 2.24) is 0 Å². The van der Waals surface area contributed by atoms with Crippen LogP contribution in [0.15, 0.2) is 18.2 Å². The van der Waals surface area contributed by atoms with Gasteiger partial charge in [0.25, 0.3) is 5.79 Å². The predicted molar refractivity (Wildman–Crippen MR) is 116 cm³/mol. The monoisotopic (exact) mass is 498 g/mol. The van der Waals surface area contributed by atoms with Crippen LogP contribution in [-0.4, -0.2) is 70.4 Å². The fourth-order valence-corrected chi connectivity index (χ4v) is 7.77. The quantitative estimate of drug-likeness (QED) is 0.446. The van der Waals surface area contributed by atoms with Crippen LogP contribution in [0.25, 0.3) is 0 Å². The second-order valence-electron chi connectivity index (χ2n) is 10.5. The van der Waals surface area contributed by atoms with Crippen LogP contribution in [0.2, 0.25) is 5.02 Å². The lowest BCUT2D eigenvalue weighted by Gasteiger charge is -2.68. The first-order chi connectivity index (χ1) is 16.3. The normalized spacial score (nSPS) is 49.3. The van der Waals surface area contributed by atoms with Crippen LogP contribution >= 0.6 is 11.6 Å². The molecule has 2 saturated heterocycles. The third kappa shape index (κ3) is 3.02. The van der Waals surface area contributed by atoms with E-state index in [0.29, 0.717) is 17.4 Å². The molecule has 0 aromatic heterocycles. The van der Waals surface area contributed by atoms with Gasteiger partial charge >= 0.3 is 0 Å². The Kier molecular flexibility index (Phi) is 5.68. The number of aliphatic hydroxyl groups is 4. The summed E-state index contributed by atoms with van der Waals surface area (Å²) in [5.41, 5.74) is -0.0573. The molecule has 2 heterocycles. The van der Waals surface area contributed by atoms with Crippen molar-refractivity contribution in [3.63, 3.8) is 0 Å². The van der Waals surface area contributed by atoms with Crippen LogP contribution < -0.4 is 4.74 Å². The molecule has 3 unspecified atom stereocenters. The summed E-state index contributed by atoms with van der Waals surface area (Å²) in [6, 6.07) is 5.17. The number of benzene rings is 1. The van der Waals surface area contributed by atoms with Crippen molar-refractivity contribution in [3.05, 3.63) is 28.8 Å². The minimum absolute atomic E-state index is 0.189. The first-order valence-corrected chi connectivity index (χ1v) is 12.4. The maximum atomic E-state index is 10.4. The summed E-state index contributed by atoms with van der Waals surface area (Å²) in [4.78, 5) is 11.8. The van der Waals surface area contributed by atoms with E-state index in [0.717, 1.165) is 37.5 Å². The maximum Gasteiger partial charge on any atom is 0.262 e. The van der Waals surface area contributed by atoms with Crippen molar-refractivity contribution in [3.8, 4) is 5.75 Å². The molecule has 4 saturated carbocycles. The van der Waals surface area contributed by atoms with E-state index < -0.39 is 48.7 Å². The highest BCUT2D eigenvalue weighted by molar-refractivity contribution is 6.33. The maximum absolute atomic E-state index is 10.4. The third-order valence-electron chi connectivity index (χ3n) is 8.86. The Labute approximate surface area is 202 Å². The minimum Gasteiger partial charge on any atom is -0.460 e. The van der Waals surface area contributed by atoms with E-state index in [-0.39, 0.29) is 10.8 Å². The average molecular weight is 499 g/mol. The van der Waals surface area contributed by atoms with Crippen molar-refractivity contribution in [2.75, 3.05) is 13.7 Å². The molecule has 4 N–H and O–H groups in total. The van der Waals surface area contributed by atoms with Crippen molar-refractivity contribution in [1.29, 1.82) is 0 Å². The lowest BCUT2D eigenvalue weighted by molar-refractivity contribution is -0.645. The predicted octanol–water partition coefficient (Wildman–Crippen LogP) is 1.47. The van der Waals surface area contributed by atoms with E-state index in [1.54, 1.807) is 19.2 Å². The molecule has 9 nitrogen and oxygen atoms in total. The molecule has 0 amide bonds. The van der Waals surface area contributed by atoms with Crippen molar-refractivity contribution in [2.45, 2.75) is 74.2 Å². The highest BCUT2D eigenvalue weighted by Crippen LogP contribution is 2.70. The highest BCUT2D eigenvalue weighted by Gasteiger charge is 2.77. The Bertz CT molecular complexity index is 909. The zero-order chi connectivity index (χ0) is 23.8. The fourth-order valence-electron chi connectivity index (χ4n) is 7.48. The van der Waals surface area contributed by atoms with E-state index in [1.807, 2.05) is 6.07 Å². The zero-order valence-corrected chi connectivity index (χ0v) is 19.6. The number of hydrogen-bond donors (Lipinski definition) is 4. The molecule has 6 fully saturated rings. The standard InChI is InChI=1S/C24H31ClO9/c1-30-24(23(33-34-24)13-6-11-5-12(8-13)9-14(23)7-11)15-3-2-4-16(18(15)25)31-22-21(29)20(28)19(27)17(10-26)32-22/h2-4,11-14,17,19-22,26-29H,5-10H2,1H3/t11?,12?,13?,14?,17?,19-,20-,21?,22+,23?,24?/m0/s1. The second-order valence-corrected chi connectivity index (χ2v) is 10.9. The molecule has 1 aromatic rings. The van der Waals surface area contributed by atoms with Crippen LogP contribution in [0, 0.1) is 23.7 Å². The lowest BCUT2D eigenvalue weighted by atomic mass is 9.47. The largest absolute Gasteiger partial charge is 0.460 e. The Morgan fingerprint density at radius 3 is 2.21 bits per heavy atom. The van der Waals surface area contributed by atoms with Gasteiger partial charge in [-0.2, -0.15) is 4.89 Å². The molecule has 4 bridgehead atoms. The molecule has 4 aliphatic carbocycles. The van der Waals surface area contributed by atoms with Gasteiger partial charge in [0.05, 0.1) is 11.6 Å². The summed E-state index contributed by atoms with van der Waals surface area (Å²) < 4.78 is 17.4. The van der Waals surface area contributed by atoms with Crippen LogP contribution in [-0.2, 0) is 25.0 Å². The second kappa shape index (κ2) is 8.26. The molecule has 7 rings (SSSR count). The number of hydrogen-bond acceptors (Lipinski definition) is 9. The minimum atomic E-state index is -1.55. The number of methoxy groups -OCH3 is 1. The molecule has 188 valence electrons. The van der Waals surface area contributed by atoms with Gasteiger partial charge in [-0.3, -0.25) is 0 Å². The number of rotatable bonds is 5. The van der Waals surface area contributed by atoms with Gasteiger partial charge in [-0.15, -0.1) is 0 Å². The lowest BCUT2D eigenvalue weighted by Crippen LogP contribution is -2.76. The van der Waals surface area contributed by atoms with E-state index in [9.17, 15) is 20.4 Å². The molecule has 2 aliphatic heterocycles. The van der Waals surface area contributed by atoms with Gasteiger partial charge in [-0.05, 0) is 61.8 Å². The summed E-state index contributed by atoms with van der Waals surface area (Å²) >= 11 is 6.84. The summed E-state index contributed by atoms with van der Waals surface area (Å²) in [5.74, 6) is 1.06. The molecule has 10 heteroatoms. The smallest absolute Gasteiger partial charge is 0.262 e. The van der Waals surface area contributed by atoms with Crippen LogP contribution in [0.4, 0.5) is 0 Å². The molecule has 6 aliphatic rings. The van der Waals surface area contributed by atoms with Gasteiger partial charge in [-0.1, -0.05) is 23.7 Å². The molecule has 6 atom stereocenters.